The van der Waals surface area contributed by atoms with E-state index in [9.17, 15) is 18.3 Å². The molecule has 1 fully saturated rings. The lowest BCUT2D eigenvalue weighted by Crippen LogP contribution is -2.45. The minimum absolute atomic E-state index is 0.0160. The second kappa shape index (κ2) is 6.06. The third-order valence-corrected chi connectivity index (χ3v) is 6.65. The Kier molecular flexibility index (Phi) is 4.80. The van der Waals surface area contributed by atoms with Crippen molar-refractivity contribution in [2.75, 3.05) is 7.05 Å². The summed E-state index contributed by atoms with van der Waals surface area (Å²) < 4.78 is 26.2. The Hall–Kier alpha value is -1.13. The molecule has 10 heteroatoms. The second-order valence-electron chi connectivity index (χ2n) is 5.14. The van der Waals surface area contributed by atoms with Crippen molar-refractivity contribution in [2.24, 2.45) is 0 Å². The van der Waals surface area contributed by atoms with Gasteiger partial charge in [0.15, 0.2) is 5.72 Å². The summed E-state index contributed by atoms with van der Waals surface area (Å²) in [7, 11) is -2.52. The quantitative estimate of drug-likeness (QED) is 0.732. The van der Waals surface area contributed by atoms with Gasteiger partial charge in [-0.15, -0.1) is 0 Å². The molecule has 23 heavy (non-hydrogen) atoms. The van der Waals surface area contributed by atoms with Crippen LogP contribution in [0.3, 0.4) is 0 Å². The van der Waals surface area contributed by atoms with E-state index in [1.165, 1.54) is 30.0 Å². The van der Waals surface area contributed by atoms with Gasteiger partial charge in [0.2, 0.25) is 5.91 Å². The molecule has 0 saturated carbocycles. The second-order valence-corrected chi connectivity index (χ2v) is 8.52. The highest BCUT2D eigenvalue weighted by Gasteiger charge is 2.48. The lowest BCUT2D eigenvalue weighted by molar-refractivity contribution is -0.117. The van der Waals surface area contributed by atoms with Crippen molar-refractivity contribution in [3.63, 3.8) is 0 Å². The van der Waals surface area contributed by atoms with Crippen LogP contribution in [0.2, 0.25) is 5.02 Å². The Morgan fingerprint density at radius 1 is 1.52 bits per heavy atom. The highest BCUT2D eigenvalue weighted by Crippen LogP contribution is 2.43. The van der Waals surface area contributed by atoms with Gasteiger partial charge in [-0.05, 0) is 26.1 Å². The van der Waals surface area contributed by atoms with Crippen LogP contribution in [0.15, 0.2) is 23.1 Å². The number of amides is 1. The maximum absolute atomic E-state index is 12.2. The van der Waals surface area contributed by atoms with E-state index in [-0.39, 0.29) is 25.9 Å². The van der Waals surface area contributed by atoms with Gasteiger partial charge >= 0.3 is 0 Å². The van der Waals surface area contributed by atoms with Crippen LogP contribution in [0, 0.1) is 5.41 Å². The van der Waals surface area contributed by atoms with Crippen LogP contribution in [-0.4, -0.2) is 41.8 Å². The number of rotatable bonds is 3. The first-order valence-corrected chi connectivity index (χ1v) is 9.28. The third kappa shape index (κ3) is 3.11. The van der Waals surface area contributed by atoms with Gasteiger partial charge in [0.25, 0.3) is 10.0 Å². The Morgan fingerprint density at radius 3 is 2.61 bits per heavy atom. The number of carbonyl (C=O) groups is 1. The van der Waals surface area contributed by atoms with E-state index in [1.807, 2.05) is 11.6 Å². The maximum Gasteiger partial charge on any atom is 0.265 e. The Labute approximate surface area is 143 Å². The van der Waals surface area contributed by atoms with Crippen LogP contribution in [0.1, 0.15) is 19.4 Å². The Balaban J connectivity index is 2.58. The molecule has 1 heterocycles. The fourth-order valence-electron chi connectivity index (χ4n) is 2.26. The van der Waals surface area contributed by atoms with Crippen LogP contribution in [0.5, 0.6) is 0 Å². The molecule has 1 aromatic rings. The number of carbonyl (C=O) groups excluding carboxylic acids is 1. The van der Waals surface area contributed by atoms with Crippen molar-refractivity contribution in [1.29, 1.82) is 5.41 Å². The number of nitrogens with one attached hydrogen (secondary N) is 2. The van der Waals surface area contributed by atoms with Crippen LogP contribution in [0.25, 0.3) is 0 Å². The smallest absolute Gasteiger partial charge is 0.265 e. The number of halogens is 1. The summed E-state index contributed by atoms with van der Waals surface area (Å²) in [6.07, 6.45) is 0. The molecule has 7 nitrogen and oxygen atoms in total. The summed E-state index contributed by atoms with van der Waals surface area (Å²) in [4.78, 5) is 12.3. The molecule has 0 aliphatic carbocycles. The molecule has 2 atom stereocenters. The number of benzene rings is 1. The van der Waals surface area contributed by atoms with E-state index in [0.29, 0.717) is 0 Å². The molecule has 1 saturated heterocycles. The van der Waals surface area contributed by atoms with E-state index < -0.39 is 21.7 Å². The van der Waals surface area contributed by atoms with Gasteiger partial charge in [0.1, 0.15) is 9.94 Å². The molecule has 0 bridgehead atoms. The van der Waals surface area contributed by atoms with E-state index in [1.54, 1.807) is 11.9 Å². The standard InChI is InChI=1S/C13H16ClN3O4S2/c1-7(18)16-23(20,21)11-6-9(4-5-10(11)14)13(19)12(15)22-8(2)17(13)3/h4-6,8,15,19H,1-3H3,(H,16,18). The zero-order valence-electron chi connectivity index (χ0n) is 12.6. The molecule has 0 radical (unpaired) electrons. The minimum atomic E-state index is -4.16. The monoisotopic (exact) mass is 377 g/mol. The molecule has 1 amide bonds. The van der Waals surface area contributed by atoms with Crippen LogP contribution in [-0.2, 0) is 20.5 Å². The van der Waals surface area contributed by atoms with Crippen molar-refractivity contribution in [3.05, 3.63) is 28.8 Å². The average molecular weight is 378 g/mol. The van der Waals surface area contributed by atoms with Gasteiger partial charge in [-0.1, -0.05) is 29.4 Å². The van der Waals surface area contributed by atoms with Crippen molar-refractivity contribution in [1.82, 2.24) is 9.62 Å². The summed E-state index contributed by atoms with van der Waals surface area (Å²) in [5.41, 5.74) is -1.55. The summed E-state index contributed by atoms with van der Waals surface area (Å²) in [6.45, 7) is 2.89. The molecule has 3 N–H and O–H groups in total. The van der Waals surface area contributed by atoms with Gasteiger partial charge in [-0.2, -0.15) is 0 Å². The molecule has 1 aliphatic rings. The van der Waals surface area contributed by atoms with E-state index >= 15 is 0 Å². The zero-order chi connectivity index (χ0) is 17.6. The van der Waals surface area contributed by atoms with Crippen LogP contribution < -0.4 is 4.72 Å². The molecule has 1 aliphatic heterocycles. The molecule has 1 aromatic carbocycles. The fraction of sp³-hybridized carbons (Fsp3) is 0.385. The molecule has 0 aromatic heterocycles. The molecule has 2 unspecified atom stereocenters. The maximum atomic E-state index is 12.2. The lowest BCUT2D eigenvalue weighted by Gasteiger charge is -2.32. The van der Waals surface area contributed by atoms with E-state index in [2.05, 4.69) is 0 Å². The number of sulfonamides is 1. The molecule has 126 valence electrons. The minimum Gasteiger partial charge on any atom is -0.366 e. The largest absolute Gasteiger partial charge is 0.366 e. The van der Waals surface area contributed by atoms with Gasteiger partial charge in [-0.25, -0.2) is 13.1 Å². The molecular weight excluding hydrogens is 362 g/mol. The number of nitrogens with zero attached hydrogens (tertiary/aromatic N) is 1. The Bertz CT molecular complexity index is 783. The van der Waals surface area contributed by atoms with Gasteiger partial charge in [0, 0.05) is 12.5 Å². The number of aliphatic hydroxyl groups is 1. The van der Waals surface area contributed by atoms with Crippen LogP contribution >= 0.6 is 23.4 Å². The van der Waals surface area contributed by atoms with Crippen molar-refractivity contribution in [3.8, 4) is 0 Å². The lowest BCUT2D eigenvalue weighted by atomic mass is 10.0. The first kappa shape index (κ1) is 18.2. The van der Waals surface area contributed by atoms with Crippen molar-refractivity contribution in [2.45, 2.75) is 29.8 Å². The van der Waals surface area contributed by atoms with Gasteiger partial charge in [0.05, 0.1) is 10.4 Å². The predicted octanol–water partition coefficient (Wildman–Crippen LogP) is 1.31. The average Bonchev–Trinajstić information content (AvgIpc) is 2.62. The number of hydrogen-bond donors (Lipinski definition) is 3. The summed E-state index contributed by atoms with van der Waals surface area (Å²) in [5, 5.41) is 18.6. The van der Waals surface area contributed by atoms with Crippen LogP contribution in [0.4, 0.5) is 0 Å². The van der Waals surface area contributed by atoms with Gasteiger partial charge < -0.3 is 5.11 Å². The fourth-order valence-corrected chi connectivity index (χ4v) is 4.86. The summed E-state index contributed by atoms with van der Waals surface area (Å²) in [6, 6.07) is 3.95. The number of hydrogen-bond acceptors (Lipinski definition) is 7. The molecular formula is C13H16ClN3O4S2. The Morgan fingerprint density at radius 2 is 2.13 bits per heavy atom. The normalized spacial score (nSPS) is 25.6. The van der Waals surface area contributed by atoms with Crippen molar-refractivity contribution >= 4 is 44.3 Å². The van der Waals surface area contributed by atoms with Crippen molar-refractivity contribution < 1.29 is 18.3 Å². The first-order valence-electron chi connectivity index (χ1n) is 6.54. The topological polar surface area (TPSA) is 111 Å². The van der Waals surface area contributed by atoms with Gasteiger partial charge in [-0.3, -0.25) is 15.1 Å². The molecule has 0 spiro atoms. The predicted molar refractivity (Wildman–Crippen MR) is 88.9 cm³/mol. The zero-order valence-corrected chi connectivity index (χ0v) is 15.0. The first-order chi connectivity index (χ1) is 10.5. The third-order valence-electron chi connectivity index (χ3n) is 3.56. The summed E-state index contributed by atoms with van der Waals surface area (Å²) >= 11 is 7.10. The van der Waals surface area contributed by atoms with E-state index in [0.717, 1.165) is 6.92 Å². The summed E-state index contributed by atoms with van der Waals surface area (Å²) in [5.74, 6) is -0.750. The highest BCUT2D eigenvalue weighted by molar-refractivity contribution is 8.14. The number of thioether (sulfide) groups is 1. The highest BCUT2D eigenvalue weighted by atomic mass is 35.5. The van der Waals surface area contributed by atoms with E-state index in [4.69, 9.17) is 17.0 Å². The SMILES string of the molecule is CC(=O)NS(=O)(=O)c1cc(C2(O)C(=N)SC(C)N2C)ccc1Cl. The molecule has 2 rings (SSSR count).